The fourth-order valence-corrected chi connectivity index (χ4v) is 8.87. The third-order valence-corrected chi connectivity index (χ3v) is 10.6. The van der Waals surface area contributed by atoms with Crippen molar-refractivity contribution in [3.63, 3.8) is 0 Å². The van der Waals surface area contributed by atoms with Gasteiger partial charge in [0, 0.05) is 24.3 Å². The third kappa shape index (κ3) is 3.18. The van der Waals surface area contributed by atoms with Gasteiger partial charge in [-0.15, -0.1) is 0 Å². The van der Waals surface area contributed by atoms with Crippen LogP contribution >= 0.6 is 0 Å². The number of hydrogen-bond acceptors (Lipinski definition) is 7. The van der Waals surface area contributed by atoms with Crippen molar-refractivity contribution in [2.45, 2.75) is 102 Å². The number of ether oxygens (including phenoxy) is 2. The number of carbonyl (C=O) groups excluding carboxylic acids is 3. The molecule has 0 radical (unpaired) electrons. The zero-order chi connectivity index (χ0) is 24.4. The molecule has 7 heteroatoms. The molecule has 7 nitrogen and oxygen atoms in total. The monoisotopic (exact) mass is 474 g/mol. The normalized spacial score (nSPS) is 47.6. The van der Waals surface area contributed by atoms with Crippen molar-refractivity contribution in [2.24, 2.45) is 28.6 Å². The van der Waals surface area contributed by atoms with Gasteiger partial charge in [0.15, 0.2) is 0 Å². The predicted molar refractivity (Wildman–Crippen MR) is 122 cm³/mol. The molecule has 0 saturated heterocycles. The second kappa shape index (κ2) is 8.16. The molecular formula is C27H38O7. The zero-order valence-electron chi connectivity index (χ0n) is 20.4. The van der Waals surface area contributed by atoms with E-state index in [-0.39, 0.29) is 47.6 Å². The van der Waals surface area contributed by atoms with E-state index in [1.54, 1.807) is 6.08 Å². The number of aldehydes is 1. The number of esters is 2. The summed E-state index contributed by atoms with van der Waals surface area (Å²) in [6.45, 7) is 4.38. The second-order valence-corrected chi connectivity index (χ2v) is 11.8. The van der Waals surface area contributed by atoms with E-state index in [2.05, 4.69) is 6.92 Å². The van der Waals surface area contributed by atoms with Gasteiger partial charge in [-0.05, 0) is 81.1 Å². The zero-order valence-corrected chi connectivity index (χ0v) is 20.4. The summed E-state index contributed by atoms with van der Waals surface area (Å²) in [6, 6.07) is 0. The standard InChI is InChI=1S/C27H38O7/c1-3-4-22(29)34-18-5-10-25(16-28)20-6-9-24(2)19(17-13-23(30)33-15-17)8-12-27(24,32)21(20)7-11-26(25,31)14-18/h13,16,18-21,31-32H,3-12,14-15H2,1-2H3. The Morgan fingerprint density at radius 3 is 2.59 bits per heavy atom. The Labute approximate surface area is 201 Å². The molecule has 0 aromatic heterocycles. The maximum Gasteiger partial charge on any atom is 0.331 e. The molecule has 8 unspecified atom stereocenters. The highest BCUT2D eigenvalue weighted by atomic mass is 16.5. The first kappa shape index (κ1) is 24.0. The van der Waals surface area contributed by atoms with Crippen LogP contribution in [0.15, 0.2) is 11.6 Å². The average Bonchev–Trinajstić information content (AvgIpc) is 3.33. The summed E-state index contributed by atoms with van der Waals surface area (Å²) in [5.74, 6) is -0.650. The van der Waals surface area contributed by atoms with Crippen LogP contribution in [-0.4, -0.2) is 52.4 Å². The van der Waals surface area contributed by atoms with Gasteiger partial charge in [-0.2, -0.15) is 0 Å². The third-order valence-electron chi connectivity index (χ3n) is 10.6. The average molecular weight is 475 g/mol. The highest BCUT2D eigenvalue weighted by Gasteiger charge is 2.71. The van der Waals surface area contributed by atoms with Crippen LogP contribution in [0.3, 0.4) is 0 Å². The smallest absolute Gasteiger partial charge is 0.331 e. The summed E-state index contributed by atoms with van der Waals surface area (Å²) in [5, 5.41) is 24.1. The molecule has 4 saturated carbocycles. The predicted octanol–water partition coefficient (Wildman–Crippen LogP) is 3.25. The van der Waals surface area contributed by atoms with Crippen LogP contribution in [-0.2, 0) is 23.9 Å². The van der Waals surface area contributed by atoms with Crippen molar-refractivity contribution >= 4 is 18.2 Å². The van der Waals surface area contributed by atoms with Crippen molar-refractivity contribution in [1.29, 1.82) is 0 Å². The van der Waals surface area contributed by atoms with Gasteiger partial charge in [-0.1, -0.05) is 13.8 Å². The summed E-state index contributed by atoms with van der Waals surface area (Å²) >= 11 is 0. The van der Waals surface area contributed by atoms with E-state index < -0.39 is 16.6 Å². The quantitative estimate of drug-likeness (QED) is 0.465. The van der Waals surface area contributed by atoms with E-state index in [4.69, 9.17) is 9.47 Å². The van der Waals surface area contributed by atoms with Gasteiger partial charge in [0.2, 0.25) is 0 Å². The Hall–Kier alpha value is -1.73. The minimum absolute atomic E-state index is 0.0838. The second-order valence-electron chi connectivity index (χ2n) is 11.8. The molecule has 188 valence electrons. The van der Waals surface area contributed by atoms with Crippen LogP contribution in [0.1, 0.15) is 84.5 Å². The number of hydrogen-bond donors (Lipinski definition) is 2. The number of rotatable bonds is 5. The Morgan fingerprint density at radius 1 is 1.15 bits per heavy atom. The maximum absolute atomic E-state index is 12.8. The maximum atomic E-state index is 12.8. The molecule has 0 spiro atoms. The minimum Gasteiger partial charge on any atom is -0.462 e. The lowest BCUT2D eigenvalue weighted by atomic mass is 9.41. The molecule has 5 aliphatic rings. The summed E-state index contributed by atoms with van der Waals surface area (Å²) in [7, 11) is 0. The van der Waals surface area contributed by atoms with Crippen molar-refractivity contribution in [2.75, 3.05) is 6.61 Å². The van der Waals surface area contributed by atoms with E-state index in [0.717, 1.165) is 31.1 Å². The summed E-state index contributed by atoms with van der Waals surface area (Å²) in [6.07, 6.45) is 8.57. The van der Waals surface area contributed by atoms with Gasteiger partial charge in [0.05, 0.1) is 16.6 Å². The first-order valence-corrected chi connectivity index (χ1v) is 13.1. The van der Waals surface area contributed by atoms with Gasteiger partial charge in [-0.25, -0.2) is 4.79 Å². The SMILES string of the molecule is CCCC(=O)OC1CCC2(C=O)C3CCC4(C)C(C5=CC(=O)OC5)CCC4(O)C3CCC2(O)C1. The molecule has 34 heavy (non-hydrogen) atoms. The van der Waals surface area contributed by atoms with Crippen LogP contribution in [0.25, 0.3) is 0 Å². The van der Waals surface area contributed by atoms with E-state index in [9.17, 15) is 24.6 Å². The lowest BCUT2D eigenvalue weighted by Gasteiger charge is -2.65. The lowest BCUT2D eigenvalue weighted by molar-refractivity contribution is -0.249. The van der Waals surface area contributed by atoms with Crippen molar-refractivity contribution in [1.82, 2.24) is 0 Å². The summed E-state index contributed by atoms with van der Waals surface area (Å²) in [4.78, 5) is 36.6. The van der Waals surface area contributed by atoms with Gasteiger partial charge in [0.1, 0.15) is 19.0 Å². The molecule has 1 heterocycles. The highest BCUT2D eigenvalue weighted by molar-refractivity contribution is 5.85. The Morgan fingerprint density at radius 2 is 1.91 bits per heavy atom. The molecule has 2 N–H and O–H groups in total. The number of carbonyl (C=O) groups is 3. The molecule has 8 atom stereocenters. The van der Waals surface area contributed by atoms with E-state index in [0.29, 0.717) is 51.6 Å². The number of cyclic esters (lactones) is 1. The van der Waals surface area contributed by atoms with Crippen molar-refractivity contribution in [3.05, 3.63) is 11.6 Å². The topological polar surface area (TPSA) is 110 Å². The molecular weight excluding hydrogens is 436 g/mol. The molecule has 0 bridgehead atoms. The lowest BCUT2D eigenvalue weighted by Crippen LogP contribution is -2.69. The molecule has 5 rings (SSSR count). The van der Waals surface area contributed by atoms with Crippen LogP contribution in [0.4, 0.5) is 0 Å². The largest absolute Gasteiger partial charge is 0.462 e. The van der Waals surface area contributed by atoms with Gasteiger partial charge >= 0.3 is 11.9 Å². The Balaban J connectivity index is 1.41. The van der Waals surface area contributed by atoms with Gasteiger partial charge < -0.3 is 24.5 Å². The minimum atomic E-state index is -1.22. The van der Waals surface area contributed by atoms with E-state index >= 15 is 0 Å². The first-order chi connectivity index (χ1) is 16.1. The Bertz CT molecular complexity index is 913. The highest BCUT2D eigenvalue weighted by Crippen LogP contribution is 2.70. The Kier molecular flexibility index (Phi) is 5.75. The molecule has 0 amide bonds. The van der Waals surface area contributed by atoms with Crippen LogP contribution < -0.4 is 0 Å². The van der Waals surface area contributed by atoms with Crippen molar-refractivity contribution in [3.8, 4) is 0 Å². The van der Waals surface area contributed by atoms with Gasteiger partial charge in [-0.3, -0.25) is 4.79 Å². The number of fused-ring (bicyclic) bond motifs is 5. The number of aliphatic hydroxyl groups is 2. The molecule has 0 aromatic rings. The van der Waals surface area contributed by atoms with Crippen molar-refractivity contribution < 1.29 is 34.1 Å². The van der Waals surface area contributed by atoms with Crippen LogP contribution in [0, 0.1) is 28.6 Å². The van der Waals surface area contributed by atoms with E-state index in [1.165, 1.54) is 0 Å². The molecule has 1 aliphatic heterocycles. The van der Waals surface area contributed by atoms with Crippen LogP contribution in [0.2, 0.25) is 0 Å². The molecule has 0 aromatic carbocycles. The first-order valence-electron chi connectivity index (χ1n) is 13.1. The molecule has 4 fully saturated rings. The fraction of sp³-hybridized carbons (Fsp3) is 0.815. The van der Waals surface area contributed by atoms with Crippen LogP contribution in [0.5, 0.6) is 0 Å². The van der Waals surface area contributed by atoms with Gasteiger partial charge in [0.25, 0.3) is 0 Å². The van der Waals surface area contributed by atoms with E-state index in [1.807, 2.05) is 6.92 Å². The fourth-order valence-electron chi connectivity index (χ4n) is 8.87. The summed E-state index contributed by atoms with van der Waals surface area (Å²) < 4.78 is 10.8. The summed E-state index contributed by atoms with van der Waals surface area (Å²) in [5.41, 5.74) is -2.50. The molecule has 4 aliphatic carbocycles.